The summed E-state index contributed by atoms with van der Waals surface area (Å²) in [6, 6.07) is 4.95. The van der Waals surface area contributed by atoms with Gasteiger partial charge in [0.25, 0.3) is 0 Å². The fourth-order valence-electron chi connectivity index (χ4n) is 2.05. The molecule has 1 unspecified atom stereocenters. The summed E-state index contributed by atoms with van der Waals surface area (Å²) in [6.07, 6.45) is 0. The van der Waals surface area contributed by atoms with Crippen LogP contribution in [0.3, 0.4) is 0 Å². The lowest BCUT2D eigenvalue weighted by Gasteiger charge is -2.24. The first-order valence-electron chi connectivity index (χ1n) is 6.07. The summed E-state index contributed by atoms with van der Waals surface area (Å²) in [4.78, 5) is 18.2. The largest absolute Gasteiger partial charge is 0.480 e. The second-order valence-corrected chi connectivity index (χ2v) is 5.48. The van der Waals surface area contributed by atoms with E-state index in [0.29, 0.717) is 6.54 Å². The van der Waals surface area contributed by atoms with Crippen molar-refractivity contribution in [1.29, 1.82) is 0 Å². The van der Waals surface area contributed by atoms with Gasteiger partial charge in [0.1, 0.15) is 11.9 Å². The Labute approximate surface area is 120 Å². The lowest BCUT2D eigenvalue weighted by atomic mass is 10.0. The van der Waals surface area contributed by atoms with Crippen molar-refractivity contribution < 1.29 is 14.3 Å². The van der Waals surface area contributed by atoms with Crippen LogP contribution in [0.25, 0.3) is 0 Å². The number of likely N-dealkylation sites (N-methyl/N-ethyl adjacent to an activating group) is 1. The quantitative estimate of drug-likeness (QED) is 0.921. The summed E-state index contributed by atoms with van der Waals surface area (Å²) in [5.74, 6) is -1.58. The summed E-state index contributed by atoms with van der Waals surface area (Å²) < 4.78 is 13.8. The minimum atomic E-state index is -1.07. The minimum absolute atomic E-state index is 0.171. The van der Waals surface area contributed by atoms with Crippen molar-refractivity contribution in [2.75, 3.05) is 7.05 Å². The molecule has 0 aliphatic heterocycles. The molecule has 2 rings (SSSR count). The van der Waals surface area contributed by atoms with Gasteiger partial charge in [-0.25, -0.2) is 9.37 Å². The highest BCUT2D eigenvalue weighted by molar-refractivity contribution is 7.09. The average Bonchev–Trinajstić information content (AvgIpc) is 2.77. The Hall–Kier alpha value is -1.79. The molecule has 0 saturated carbocycles. The van der Waals surface area contributed by atoms with Crippen LogP contribution < -0.4 is 0 Å². The minimum Gasteiger partial charge on any atom is -0.480 e. The SMILES string of the molecule is Cc1ncsc1CN(C)C(C(=O)O)c1ccccc1F. The first-order chi connectivity index (χ1) is 9.50. The topological polar surface area (TPSA) is 53.4 Å². The van der Waals surface area contributed by atoms with E-state index < -0.39 is 17.8 Å². The van der Waals surface area contributed by atoms with Gasteiger partial charge in [-0.15, -0.1) is 11.3 Å². The third-order valence-electron chi connectivity index (χ3n) is 3.11. The molecule has 0 amide bonds. The first kappa shape index (κ1) is 14.6. The molecule has 0 radical (unpaired) electrons. The third kappa shape index (κ3) is 3.02. The molecule has 0 saturated heterocycles. The first-order valence-corrected chi connectivity index (χ1v) is 6.95. The van der Waals surface area contributed by atoms with Gasteiger partial charge in [0.05, 0.1) is 11.2 Å². The Kier molecular flexibility index (Phi) is 4.46. The van der Waals surface area contributed by atoms with Crippen LogP contribution in [0.15, 0.2) is 29.8 Å². The highest BCUT2D eigenvalue weighted by atomic mass is 32.1. The molecule has 0 bridgehead atoms. The maximum Gasteiger partial charge on any atom is 0.325 e. The number of nitrogens with zero attached hydrogens (tertiary/aromatic N) is 2. The molecule has 1 heterocycles. The predicted molar refractivity (Wildman–Crippen MR) is 75.1 cm³/mol. The molecule has 20 heavy (non-hydrogen) atoms. The van der Waals surface area contributed by atoms with Crippen LogP contribution >= 0.6 is 11.3 Å². The molecular formula is C14H15FN2O2S. The molecule has 1 aromatic carbocycles. The molecule has 2 aromatic rings. The van der Waals surface area contributed by atoms with Crippen molar-refractivity contribution in [2.45, 2.75) is 19.5 Å². The van der Waals surface area contributed by atoms with Crippen molar-refractivity contribution in [3.05, 3.63) is 51.7 Å². The van der Waals surface area contributed by atoms with Crippen molar-refractivity contribution in [2.24, 2.45) is 0 Å². The molecule has 4 nitrogen and oxygen atoms in total. The van der Waals surface area contributed by atoms with Crippen LogP contribution in [0.2, 0.25) is 0 Å². The Bertz CT molecular complexity index is 615. The van der Waals surface area contributed by atoms with E-state index in [4.69, 9.17) is 0 Å². The number of thiazole rings is 1. The number of benzene rings is 1. The zero-order chi connectivity index (χ0) is 14.7. The molecule has 1 N–H and O–H groups in total. The summed E-state index contributed by atoms with van der Waals surface area (Å²) in [5.41, 5.74) is 2.77. The lowest BCUT2D eigenvalue weighted by molar-refractivity contribution is -0.143. The summed E-state index contributed by atoms with van der Waals surface area (Å²) >= 11 is 1.47. The number of rotatable bonds is 5. The van der Waals surface area contributed by atoms with Crippen molar-refractivity contribution in [3.63, 3.8) is 0 Å². The maximum absolute atomic E-state index is 13.8. The van der Waals surface area contributed by atoms with Crippen LogP contribution in [0, 0.1) is 12.7 Å². The molecule has 1 atom stereocenters. The van der Waals surface area contributed by atoms with Gasteiger partial charge < -0.3 is 5.11 Å². The molecular weight excluding hydrogens is 279 g/mol. The Morgan fingerprint density at radius 1 is 1.50 bits per heavy atom. The molecule has 0 aliphatic carbocycles. The highest BCUT2D eigenvalue weighted by Crippen LogP contribution is 2.25. The smallest absolute Gasteiger partial charge is 0.325 e. The highest BCUT2D eigenvalue weighted by Gasteiger charge is 2.27. The normalized spacial score (nSPS) is 12.6. The van der Waals surface area contributed by atoms with Crippen LogP contribution in [0.1, 0.15) is 22.2 Å². The van der Waals surface area contributed by atoms with Gasteiger partial charge in [-0.3, -0.25) is 9.69 Å². The third-order valence-corrected chi connectivity index (χ3v) is 4.03. The van der Waals surface area contributed by atoms with Gasteiger partial charge in [-0.05, 0) is 20.0 Å². The Morgan fingerprint density at radius 3 is 2.75 bits per heavy atom. The Morgan fingerprint density at radius 2 is 2.20 bits per heavy atom. The number of aromatic nitrogens is 1. The van der Waals surface area contributed by atoms with E-state index in [1.165, 1.54) is 23.5 Å². The standard InChI is InChI=1S/C14H15FN2O2S/c1-9-12(20-8-16-9)7-17(2)13(14(18)19)10-5-3-4-6-11(10)15/h3-6,8,13H,7H2,1-2H3,(H,18,19). The van der Waals surface area contributed by atoms with Gasteiger partial charge in [0.2, 0.25) is 0 Å². The lowest BCUT2D eigenvalue weighted by Crippen LogP contribution is -2.31. The zero-order valence-electron chi connectivity index (χ0n) is 11.2. The summed E-state index contributed by atoms with van der Waals surface area (Å²) in [7, 11) is 1.67. The van der Waals surface area contributed by atoms with Gasteiger partial charge >= 0.3 is 5.97 Å². The number of hydrogen-bond donors (Lipinski definition) is 1. The van der Waals surface area contributed by atoms with E-state index in [2.05, 4.69) is 4.98 Å². The van der Waals surface area contributed by atoms with E-state index in [0.717, 1.165) is 10.6 Å². The number of aryl methyl sites for hydroxylation is 1. The van der Waals surface area contributed by atoms with Crippen LogP contribution in [-0.2, 0) is 11.3 Å². The number of hydrogen-bond acceptors (Lipinski definition) is 4. The molecule has 1 aromatic heterocycles. The van der Waals surface area contributed by atoms with Gasteiger partial charge in [-0.1, -0.05) is 18.2 Å². The maximum atomic E-state index is 13.8. The fourth-order valence-corrected chi connectivity index (χ4v) is 2.89. The fraction of sp³-hybridized carbons (Fsp3) is 0.286. The van der Waals surface area contributed by atoms with Crippen LogP contribution in [-0.4, -0.2) is 28.0 Å². The van der Waals surface area contributed by atoms with E-state index in [1.54, 1.807) is 29.6 Å². The monoisotopic (exact) mass is 294 g/mol. The van der Waals surface area contributed by atoms with E-state index in [9.17, 15) is 14.3 Å². The van der Waals surface area contributed by atoms with Crippen molar-refractivity contribution in [3.8, 4) is 0 Å². The number of halogens is 1. The molecule has 0 fully saturated rings. The number of carbonyl (C=O) groups is 1. The second kappa shape index (κ2) is 6.11. The summed E-state index contributed by atoms with van der Waals surface area (Å²) in [6.45, 7) is 2.29. The van der Waals surface area contributed by atoms with Crippen molar-refractivity contribution >= 4 is 17.3 Å². The molecule has 0 aliphatic rings. The summed E-state index contributed by atoms with van der Waals surface area (Å²) in [5, 5.41) is 9.40. The zero-order valence-corrected chi connectivity index (χ0v) is 12.0. The van der Waals surface area contributed by atoms with E-state index in [-0.39, 0.29) is 5.56 Å². The van der Waals surface area contributed by atoms with Crippen LogP contribution in [0.4, 0.5) is 4.39 Å². The van der Waals surface area contributed by atoms with Crippen molar-refractivity contribution in [1.82, 2.24) is 9.88 Å². The second-order valence-electron chi connectivity index (χ2n) is 4.54. The number of carboxylic acids is 1. The van der Waals surface area contributed by atoms with Gasteiger partial charge in [0.15, 0.2) is 0 Å². The van der Waals surface area contributed by atoms with Gasteiger partial charge in [-0.2, -0.15) is 0 Å². The van der Waals surface area contributed by atoms with E-state index >= 15 is 0 Å². The number of carboxylic acid groups (broad SMARTS) is 1. The molecule has 6 heteroatoms. The average molecular weight is 294 g/mol. The predicted octanol–water partition coefficient (Wildman–Crippen LogP) is 2.85. The Balaban J connectivity index is 2.28. The van der Waals surface area contributed by atoms with Gasteiger partial charge in [0, 0.05) is 17.0 Å². The number of aliphatic carboxylic acids is 1. The molecule has 0 spiro atoms. The van der Waals surface area contributed by atoms with Crippen LogP contribution in [0.5, 0.6) is 0 Å². The molecule has 106 valence electrons. The van der Waals surface area contributed by atoms with E-state index in [1.807, 2.05) is 6.92 Å².